The molecule has 0 aliphatic carbocycles. The zero-order valence-electron chi connectivity index (χ0n) is 11.3. The van der Waals surface area contributed by atoms with Crippen molar-refractivity contribution >= 4 is 33.6 Å². The van der Waals surface area contributed by atoms with Crippen molar-refractivity contribution in [3.63, 3.8) is 0 Å². The summed E-state index contributed by atoms with van der Waals surface area (Å²) in [6.07, 6.45) is 0. The molecule has 1 aromatic carbocycles. The summed E-state index contributed by atoms with van der Waals surface area (Å²) < 4.78 is 1.12. The Morgan fingerprint density at radius 1 is 1.42 bits per heavy atom. The molecule has 1 aliphatic rings. The zero-order valence-corrected chi connectivity index (χ0v) is 13.7. The first-order valence-corrected chi connectivity index (χ1v) is 8.21. The Labute approximate surface area is 127 Å². The molecule has 2 rings (SSSR count). The summed E-state index contributed by atoms with van der Waals surface area (Å²) in [5.74, 6) is 1.23. The highest BCUT2D eigenvalue weighted by Gasteiger charge is 2.17. The van der Waals surface area contributed by atoms with Gasteiger partial charge >= 0.3 is 0 Å². The molecule has 5 heteroatoms. The monoisotopic (exact) mass is 342 g/mol. The van der Waals surface area contributed by atoms with Crippen molar-refractivity contribution in [2.24, 2.45) is 5.92 Å². The summed E-state index contributed by atoms with van der Waals surface area (Å²) >= 11 is 5.13. The van der Waals surface area contributed by atoms with Crippen LogP contribution in [0.4, 0.5) is 0 Å². The molecular weight excluding hydrogens is 324 g/mol. The molecule has 0 unspecified atom stereocenters. The summed E-state index contributed by atoms with van der Waals surface area (Å²) in [5, 5.41) is 6.19. The van der Waals surface area contributed by atoms with Gasteiger partial charge in [0.25, 0.3) is 0 Å². The Kier molecular flexibility index (Phi) is 5.30. The normalized spacial score (nSPS) is 15.1. The predicted octanol–water partition coefficient (Wildman–Crippen LogP) is 2.49. The molecule has 19 heavy (non-hydrogen) atoms. The van der Waals surface area contributed by atoms with Crippen LogP contribution in [-0.2, 0) is 4.79 Å². The molecular formula is C14H19BrN2OS. The molecule has 0 spiro atoms. The van der Waals surface area contributed by atoms with Gasteiger partial charge in [-0.05, 0) is 37.1 Å². The van der Waals surface area contributed by atoms with E-state index in [9.17, 15) is 4.79 Å². The van der Waals surface area contributed by atoms with E-state index in [2.05, 4.69) is 52.5 Å². The number of hydrogen-bond donors (Lipinski definition) is 2. The number of thioether (sulfide) groups is 1. The first kappa shape index (κ1) is 14.9. The van der Waals surface area contributed by atoms with Gasteiger partial charge < -0.3 is 10.6 Å². The topological polar surface area (TPSA) is 41.1 Å². The van der Waals surface area contributed by atoms with Crippen LogP contribution in [0.1, 0.15) is 11.1 Å². The zero-order chi connectivity index (χ0) is 13.8. The second-order valence-electron chi connectivity index (χ2n) is 4.98. The fourth-order valence-electron chi connectivity index (χ4n) is 1.86. The van der Waals surface area contributed by atoms with Gasteiger partial charge in [0.05, 0.1) is 5.75 Å². The smallest absolute Gasteiger partial charge is 0.230 e. The van der Waals surface area contributed by atoms with E-state index in [0.717, 1.165) is 24.1 Å². The van der Waals surface area contributed by atoms with Gasteiger partial charge in [-0.25, -0.2) is 0 Å². The predicted molar refractivity (Wildman–Crippen MR) is 83.7 cm³/mol. The van der Waals surface area contributed by atoms with Crippen LogP contribution >= 0.6 is 27.7 Å². The molecule has 1 amide bonds. The number of aryl methyl sites for hydroxylation is 2. The molecule has 3 nitrogen and oxygen atoms in total. The Morgan fingerprint density at radius 3 is 2.79 bits per heavy atom. The Bertz CT molecular complexity index is 475. The van der Waals surface area contributed by atoms with Gasteiger partial charge in [-0.15, -0.1) is 11.8 Å². The largest absolute Gasteiger partial charge is 0.355 e. The number of carbonyl (C=O) groups excluding carboxylic acids is 1. The van der Waals surface area contributed by atoms with Crippen molar-refractivity contribution in [2.75, 3.05) is 25.4 Å². The molecule has 0 saturated carbocycles. The van der Waals surface area contributed by atoms with Gasteiger partial charge in [-0.3, -0.25) is 4.79 Å². The highest BCUT2D eigenvalue weighted by Crippen LogP contribution is 2.28. The van der Waals surface area contributed by atoms with E-state index in [1.54, 1.807) is 11.8 Å². The second-order valence-corrected chi connectivity index (χ2v) is 6.86. The molecule has 1 fully saturated rings. The average molecular weight is 343 g/mol. The van der Waals surface area contributed by atoms with Crippen LogP contribution < -0.4 is 10.6 Å². The van der Waals surface area contributed by atoms with Crippen molar-refractivity contribution in [1.82, 2.24) is 10.6 Å². The van der Waals surface area contributed by atoms with Crippen LogP contribution in [0.15, 0.2) is 21.5 Å². The van der Waals surface area contributed by atoms with Gasteiger partial charge in [-0.2, -0.15) is 0 Å². The van der Waals surface area contributed by atoms with E-state index in [0.29, 0.717) is 11.7 Å². The molecule has 1 aliphatic heterocycles. The lowest BCUT2D eigenvalue weighted by Crippen LogP contribution is -2.48. The highest BCUT2D eigenvalue weighted by molar-refractivity contribution is 9.10. The molecule has 0 radical (unpaired) electrons. The lowest BCUT2D eigenvalue weighted by Gasteiger charge is -2.27. The maximum atomic E-state index is 11.8. The lowest BCUT2D eigenvalue weighted by molar-refractivity contribution is -0.118. The van der Waals surface area contributed by atoms with Crippen LogP contribution in [0.3, 0.4) is 0 Å². The first-order chi connectivity index (χ1) is 9.06. The fraction of sp³-hybridized carbons (Fsp3) is 0.500. The minimum Gasteiger partial charge on any atom is -0.355 e. The summed E-state index contributed by atoms with van der Waals surface area (Å²) in [6.45, 7) is 6.99. The van der Waals surface area contributed by atoms with Crippen molar-refractivity contribution < 1.29 is 4.79 Å². The quantitative estimate of drug-likeness (QED) is 0.807. The number of hydrogen-bond acceptors (Lipinski definition) is 3. The molecule has 104 valence electrons. The molecule has 1 aromatic rings. The molecule has 0 aromatic heterocycles. The van der Waals surface area contributed by atoms with Crippen LogP contribution in [0, 0.1) is 19.8 Å². The summed E-state index contributed by atoms with van der Waals surface area (Å²) in [4.78, 5) is 12.9. The standard InChI is InChI=1S/C14H19BrN2OS/c1-9-4-13(10(2)3-12(9)15)19-8-14(18)17-7-11-5-16-6-11/h3-4,11,16H,5-8H2,1-2H3,(H,17,18). The van der Waals surface area contributed by atoms with E-state index >= 15 is 0 Å². The Morgan fingerprint density at radius 2 is 2.16 bits per heavy atom. The van der Waals surface area contributed by atoms with E-state index in [1.165, 1.54) is 16.0 Å². The van der Waals surface area contributed by atoms with E-state index in [4.69, 9.17) is 0 Å². The van der Waals surface area contributed by atoms with Crippen molar-refractivity contribution in [3.8, 4) is 0 Å². The van der Waals surface area contributed by atoms with E-state index in [1.807, 2.05) is 0 Å². The molecule has 1 saturated heterocycles. The summed E-state index contributed by atoms with van der Waals surface area (Å²) in [6, 6.07) is 4.24. The number of amides is 1. The average Bonchev–Trinajstić information content (AvgIpc) is 2.30. The number of halogens is 1. The summed E-state index contributed by atoms with van der Waals surface area (Å²) in [5.41, 5.74) is 2.41. The summed E-state index contributed by atoms with van der Waals surface area (Å²) in [7, 11) is 0. The number of nitrogens with one attached hydrogen (secondary N) is 2. The van der Waals surface area contributed by atoms with Crippen molar-refractivity contribution in [1.29, 1.82) is 0 Å². The fourth-order valence-corrected chi connectivity index (χ4v) is 3.25. The minimum atomic E-state index is 0.122. The third kappa shape index (κ3) is 4.23. The third-order valence-electron chi connectivity index (χ3n) is 3.27. The Balaban J connectivity index is 1.80. The van der Waals surface area contributed by atoms with Crippen LogP contribution in [0.25, 0.3) is 0 Å². The van der Waals surface area contributed by atoms with E-state index in [-0.39, 0.29) is 5.91 Å². The van der Waals surface area contributed by atoms with E-state index < -0.39 is 0 Å². The first-order valence-electron chi connectivity index (χ1n) is 6.43. The number of carbonyl (C=O) groups is 1. The molecule has 0 bridgehead atoms. The van der Waals surface area contributed by atoms with Gasteiger partial charge in [0, 0.05) is 34.9 Å². The maximum Gasteiger partial charge on any atom is 0.230 e. The second kappa shape index (κ2) is 6.77. The number of benzene rings is 1. The van der Waals surface area contributed by atoms with Gasteiger partial charge in [-0.1, -0.05) is 15.9 Å². The Hall–Kier alpha value is -0.520. The SMILES string of the molecule is Cc1cc(SCC(=O)NCC2CNC2)c(C)cc1Br. The number of rotatable bonds is 5. The van der Waals surface area contributed by atoms with Crippen LogP contribution in [-0.4, -0.2) is 31.3 Å². The van der Waals surface area contributed by atoms with Crippen LogP contribution in [0.5, 0.6) is 0 Å². The minimum absolute atomic E-state index is 0.122. The highest BCUT2D eigenvalue weighted by atomic mass is 79.9. The lowest BCUT2D eigenvalue weighted by atomic mass is 10.0. The van der Waals surface area contributed by atoms with Crippen LogP contribution in [0.2, 0.25) is 0 Å². The molecule has 1 heterocycles. The van der Waals surface area contributed by atoms with Crippen molar-refractivity contribution in [3.05, 3.63) is 27.7 Å². The maximum absolute atomic E-state index is 11.8. The van der Waals surface area contributed by atoms with Gasteiger partial charge in [0.2, 0.25) is 5.91 Å². The molecule has 0 atom stereocenters. The molecule has 2 N–H and O–H groups in total. The van der Waals surface area contributed by atoms with Gasteiger partial charge in [0.1, 0.15) is 0 Å². The van der Waals surface area contributed by atoms with Crippen molar-refractivity contribution in [2.45, 2.75) is 18.7 Å². The third-order valence-corrected chi connectivity index (χ3v) is 5.28. The van der Waals surface area contributed by atoms with Gasteiger partial charge in [0.15, 0.2) is 0 Å².